The maximum Gasteiger partial charge on any atom is 0.259 e. The predicted octanol–water partition coefficient (Wildman–Crippen LogP) is 1.88. The molecule has 124 valence electrons. The van der Waals surface area contributed by atoms with Gasteiger partial charge >= 0.3 is 0 Å². The van der Waals surface area contributed by atoms with Gasteiger partial charge in [0, 0.05) is 5.56 Å². The number of amides is 2. The minimum Gasteiger partial charge on any atom is -0.497 e. The van der Waals surface area contributed by atoms with E-state index in [1.54, 1.807) is 31.4 Å². The van der Waals surface area contributed by atoms with Gasteiger partial charge in [0.15, 0.2) is 0 Å². The SMILES string of the molecule is COc1cccc(C=NNC(=O)CNC(=O)c2cccc(C)c2)c1. The van der Waals surface area contributed by atoms with Gasteiger partial charge in [0.25, 0.3) is 11.8 Å². The van der Waals surface area contributed by atoms with Gasteiger partial charge in [-0.15, -0.1) is 0 Å². The quantitative estimate of drug-likeness (QED) is 0.629. The summed E-state index contributed by atoms with van der Waals surface area (Å²) in [4.78, 5) is 23.6. The average molecular weight is 325 g/mol. The molecule has 0 aliphatic rings. The van der Waals surface area contributed by atoms with Gasteiger partial charge in [-0.05, 0) is 36.8 Å². The van der Waals surface area contributed by atoms with Crippen molar-refractivity contribution in [2.24, 2.45) is 5.10 Å². The molecule has 0 saturated carbocycles. The van der Waals surface area contributed by atoms with Crippen LogP contribution in [0.3, 0.4) is 0 Å². The summed E-state index contributed by atoms with van der Waals surface area (Å²) in [5.41, 5.74) is 4.65. The van der Waals surface area contributed by atoms with E-state index in [1.165, 1.54) is 6.21 Å². The third-order valence-electron chi connectivity index (χ3n) is 3.19. The van der Waals surface area contributed by atoms with E-state index in [1.807, 2.05) is 31.2 Å². The highest BCUT2D eigenvalue weighted by Gasteiger charge is 2.07. The Kier molecular flexibility index (Phi) is 6.08. The van der Waals surface area contributed by atoms with E-state index in [0.29, 0.717) is 11.3 Å². The molecule has 0 radical (unpaired) electrons. The molecule has 2 aromatic carbocycles. The highest BCUT2D eigenvalue weighted by atomic mass is 16.5. The molecular weight excluding hydrogens is 306 g/mol. The fourth-order valence-corrected chi connectivity index (χ4v) is 1.99. The summed E-state index contributed by atoms with van der Waals surface area (Å²) in [6, 6.07) is 14.4. The molecule has 0 saturated heterocycles. The Morgan fingerprint density at radius 2 is 1.96 bits per heavy atom. The number of rotatable bonds is 6. The van der Waals surface area contributed by atoms with E-state index in [2.05, 4.69) is 15.8 Å². The summed E-state index contributed by atoms with van der Waals surface area (Å²) in [6.07, 6.45) is 1.50. The number of methoxy groups -OCH3 is 1. The van der Waals surface area contributed by atoms with E-state index in [0.717, 1.165) is 11.1 Å². The third kappa shape index (κ3) is 5.24. The van der Waals surface area contributed by atoms with Crippen LogP contribution in [0.5, 0.6) is 5.75 Å². The van der Waals surface area contributed by atoms with Crippen LogP contribution in [-0.2, 0) is 4.79 Å². The minimum atomic E-state index is -0.407. The Bertz CT molecular complexity index is 757. The molecule has 0 aliphatic carbocycles. The smallest absolute Gasteiger partial charge is 0.259 e. The second kappa shape index (κ2) is 8.47. The zero-order valence-electron chi connectivity index (χ0n) is 13.6. The van der Waals surface area contributed by atoms with Crippen molar-refractivity contribution < 1.29 is 14.3 Å². The highest BCUT2D eigenvalue weighted by molar-refractivity contribution is 5.96. The number of hydrogen-bond acceptors (Lipinski definition) is 4. The molecule has 0 aromatic heterocycles. The van der Waals surface area contributed by atoms with Crippen molar-refractivity contribution in [2.75, 3.05) is 13.7 Å². The molecule has 2 amide bonds. The van der Waals surface area contributed by atoms with Crippen LogP contribution in [0.1, 0.15) is 21.5 Å². The molecule has 0 atom stereocenters. The Hall–Kier alpha value is -3.15. The van der Waals surface area contributed by atoms with Crippen molar-refractivity contribution >= 4 is 18.0 Å². The lowest BCUT2D eigenvalue weighted by molar-refractivity contribution is -0.120. The fraction of sp³-hybridized carbons (Fsp3) is 0.167. The summed E-state index contributed by atoms with van der Waals surface area (Å²) >= 11 is 0. The Balaban J connectivity index is 1.80. The monoisotopic (exact) mass is 325 g/mol. The van der Waals surface area contributed by atoms with E-state index in [9.17, 15) is 9.59 Å². The summed E-state index contributed by atoms with van der Waals surface area (Å²) in [5.74, 6) is -0.00327. The maximum absolute atomic E-state index is 11.9. The number of benzene rings is 2. The summed E-state index contributed by atoms with van der Waals surface area (Å²) in [6.45, 7) is 1.75. The normalized spacial score (nSPS) is 10.4. The molecule has 0 aliphatic heterocycles. The third-order valence-corrected chi connectivity index (χ3v) is 3.19. The van der Waals surface area contributed by atoms with E-state index in [4.69, 9.17) is 4.74 Å². The van der Waals surface area contributed by atoms with Crippen LogP contribution in [0.4, 0.5) is 0 Å². The number of nitrogens with one attached hydrogen (secondary N) is 2. The molecule has 6 heteroatoms. The molecule has 0 spiro atoms. The first-order valence-electron chi connectivity index (χ1n) is 7.39. The van der Waals surface area contributed by atoms with Gasteiger partial charge < -0.3 is 10.1 Å². The first-order valence-corrected chi connectivity index (χ1v) is 7.39. The standard InChI is InChI=1S/C18H19N3O3/c1-13-5-3-7-15(9-13)18(23)19-12-17(22)21-20-11-14-6-4-8-16(10-14)24-2/h3-11H,12H2,1-2H3,(H,19,23)(H,21,22). The molecular formula is C18H19N3O3. The Morgan fingerprint density at radius 1 is 1.17 bits per heavy atom. The molecule has 0 fully saturated rings. The van der Waals surface area contributed by atoms with Gasteiger partial charge in [-0.1, -0.05) is 29.8 Å². The van der Waals surface area contributed by atoms with Crippen LogP contribution in [-0.4, -0.2) is 31.7 Å². The first-order chi connectivity index (χ1) is 11.6. The number of ether oxygens (including phenoxy) is 1. The van der Waals surface area contributed by atoms with Crippen LogP contribution < -0.4 is 15.5 Å². The zero-order chi connectivity index (χ0) is 17.4. The van der Waals surface area contributed by atoms with Crippen molar-refractivity contribution in [3.8, 4) is 5.75 Å². The number of carbonyl (C=O) groups is 2. The summed E-state index contributed by atoms with van der Waals surface area (Å²) < 4.78 is 5.10. The number of nitrogens with zero attached hydrogens (tertiary/aromatic N) is 1. The van der Waals surface area contributed by atoms with Crippen LogP contribution in [0.15, 0.2) is 53.6 Å². The maximum atomic E-state index is 11.9. The molecule has 6 nitrogen and oxygen atoms in total. The van der Waals surface area contributed by atoms with Crippen LogP contribution in [0.25, 0.3) is 0 Å². The summed E-state index contributed by atoms with van der Waals surface area (Å²) in [7, 11) is 1.58. The summed E-state index contributed by atoms with van der Waals surface area (Å²) in [5, 5.41) is 6.40. The Morgan fingerprint density at radius 3 is 2.71 bits per heavy atom. The molecule has 2 rings (SSSR count). The van der Waals surface area contributed by atoms with Crippen molar-refractivity contribution in [3.05, 3.63) is 65.2 Å². The molecule has 2 aromatic rings. The highest BCUT2D eigenvalue weighted by Crippen LogP contribution is 2.10. The number of hydrogen-bond donors (Lipinski definition) is 2. The second-order valence-electron chi connectivity index (χ2n) is 5.12. The van der Waals surface area contributed by atoms with Crippen LogP contribution >= 0.6 is 0 Å². The molecule has 24 heavy (non-hydrogen) atoms. The molecule has 0 bridgehead atoms. The lowest BCUT2D eigenvalue weighted by atomic mass is 10.1. The lowest BCUT2D eigenvalue weighted by Gasteiger charge is -2.05. The van der Waals surface area contributed by atoms with Crippen LogP contribution in [0, 0.1) is 6.92 Å². The van der Waals surface area contributed by atoms with Crippen LogP contribution in [0.2, 0.25) is 0 Å². The lowest BCUT2D eigenvalue weighted by Crippen LogP contribution is -2.34. The Labute approximate surface area is 140 Å². The second-order valence-corrected chi connectivity index (χ2v) is 5.12. The van der Waals surface area contributed by atoms with Gasteiger partial charge in [0.05, 0.1) is 19.9 Å². The first kappa shape index (κ1) is 17.2. The number of carbonyl (C=O) groups excluding carboxylic acids is 2. The van der Waals surface area contributed by atoms with Gasteiger partial charge in [-0.2, -0.15) is 5.10 Å². The molecule has 2 N–H and O–H groups in total. The average Bonchev–Trinajstić information content (AvgIpc) is 2.60. The number of aryl methyl sites for hydroxylation is 1. The van der Waals surface area contributed by atoms with Gasteiger partial charge in [-0.3, -0.25) is 9.59 Å². The predicted molar refractivity (Wildman–Crippen MR) is 92.2 cm³/mol. The number of hydrazone groups is 1. The van der Waals surface area contributed by atoms with E-state index in [-0.39, 0.29) is 12.5 Å². The van der Waals surface area contributed by atoms with Crippen molar-refractivity contribution in [1.82, 2.24) is 10.7 Å². The van der Waals surface area contributed by atoms with Gasteiger partial charge in [0.2, 0.25) is 0 Å². The fourth-order valence-electron chi connectivity index (χ4n) is 1.99. The van der Waals surface area contributed by atoms with E-state index >= 15 is 0 Å². The van der Waals surface area contributed by atoms with Gasteiger partial charge in [0.1, 0.15) is 5.75 Å². The zero-order valence-corrected chi connectivity index (χ0v) is 13.6. The van der Waals surface area contributed by atoms with Gasteiger partial charge in [-0.25, -0.2) is 5.43 Å². The van der Waals surface area contributed by atoms with E-state index < -0.39 is 5.91 Å². The van der Waals surface area contributed by atoms with Crippen molar-refractivity contribution in [2.45, 2.75) is 6.92 Å². The molecule has 0 unspecified atom stereocenters. The van der Waals surface area contributed by atoms with Crippen molar-refractivity contribution in [1.29, 1.82) is 0 Å². The molecule has 0 heterocycles. The van der Waals surface area contributed by atoms with Crippen molar-refractivity contribution in [3.63, 3.8) is 0 Å². The largest absolute Gasteiger partial charge is 0.497 e. The minimum absolute atomic E-state index is 0.151. The topological polar surface area (TPSA) is 79.8 Å².